The Hall–Kier alpha value is -2.74. The standard InChI is InChI=1S/C21H29FN4O3/c1-15-16(13-23-26(15)18-10-8-7-9-17(18)22)20(28)25(12-11-24(5)6)14-19(27)29-21(2,3)4/h7-10,13H,11-12,14H2,1-6H3. The number of carbonyl (C=O) groups excluding carboxylic acids is 2. The number of hydrogen-bond acceptors (Lipinski definition) is 5. The molecule has 0 bridgehead atoms. The third kappa shape index (κ3) is 6.12. The van der Waals surface area contributed by atoms with Gasteiger partial charge in [-0.1, -0.05) is 12.1 Å². The number of amides is 1. The van der Waals surface area contributed by atoms with Gasteiger partial charge in [0.15, 0.2) is 0 Å². The minimum absolute atomic E-state index is 0.172. The van der Waals surface area contributed by atoms with Crippen molar-refractivity contribution in [2.45, 2.75) is 33.3 Å². The molecule has 158 valence electrons. The van der Waals surface area contributed by atoms with Crippen LogP contribution in [0, 0.1) is 12.7 Å². The number of likely N-dealkylation sites (N-methyl/N-ethyl adjacent to an activating group) is 1. The number of esters is 1. The van der Waals surface area contributed by atoms with Crippen LogP contribution in [0.4, 0.5) is 4.39 Å². The summed E-state index contributed by atoms with van der Waals surface area (Å²) in [5, 5.41) is 4.19. The number of aromatic nitrogens is 2. The summed E-state index contributed by atoms with van der Waals surface area (Å²) in [5.74, 6) is -1.27. The lowest BCUT2D eigenvalue weighted by Crippen LogP contribution is -2.42. The van der Waals surface area contributed by atoms with Gasteiger partial charge in [0.25, 0.3) is 5.91 Å². The number of para-hydroxylation sites is 1. The molecule has 0 saturated heterocycles. The van der Waals surface area contributed by atoms with Crippen molar-refractivity contribution < 1.29 is 18.7 Å². The van der Waals surface area contributed by atoms with E-state index < -0.39 is 17.4 Å². The molecule has 0 aliphatic rings. The predicted molar refractivity (Wildman–Crippen MR) is 109 cm³/mol. The van der Waals surface area contributed by atoms with Crippen LogP contribution in [-0.2, 0) is 9.53 Å². The summed E-state index contributed by atoms with van der Waals surface area (Å²) in [6.45, 7) is 7.78. The van der Waals surface area contributed by atoms with Gasteiger partial charge < -0.3 is 14.5 Å². The molecule has 0 N–H and O–H groups in total. The van der Waals surface area contributed by atoms with Crippen LogP contribution in [0.2, 0.25) is 0 Å². The number of ether oxygens (including phenoxy) is 1. The lowest BCUT2D eigenvalue weighted by Gasteiger charge is -2.26. The minimum atomic E-state index is -0.640. The predicted octanol–water partition coefficient (Wildman–Crippen LogP) is 2.67. The van der Waals surface area contributed by atoms with E-state index in [-0.39, 0.29) is 18.1 Å². The average Bonchev–Trinajstić information content (AvgIpc) is 2.98. The second-order valence-electron chi connectivity index (χ2n) is 8.12. The Morgan fingerprint density at radius 3 is 2.41 bits per heavy atom. The molecular formula is C21H29FN4O3. The number of carbonyl (C=O) groups is 2. The van der Waals surface area contributed by atoms with Gasteiger partial charge in [-0.25, -0.2) is 9.07 Å². The zero-order chi connectivity index (χ0) is 21.8. The van der Waals surface area contributed by atoms with Gasteiger partial charge in [0.05, 0.1) is 17.5 Å². The van der Waals surface area contributed by atoms with E-state index in [4.69, 9.17) is 4.74 Å². The first kappa shape index (κ1) is 22.5. The van der Waals surface area contributed by atoms with Crippen LogP contribution >= 0.6 is 0 Å². The van der Waals surface area contributed by atoms with Gasteiger partial charge >= 0.3 is 5.97 Å². The highest BCUT2D eigenvalue weighted by Gasteiger charge is 2.26. The van der Waals surface area contributed by atoms with E-state index in [1.165, 1.54) is 21.8 Å². The van der Waals surface area contributed by atoms with Crippen LogP contribution in [0.5, 0.6) is 0 Å². The third-order valence-corrected chi connectivity index (χ3v) is 4.17. The number of nitrogens with zero attached hydrogens (tertiary/aromatic N) is 4. The summed E-state index contributed by atoms with van der Waals surface area (Å²) in [4.78, 5) is 28.8. The first-order valence-electron chi connectivity index (χ1n) is 9.45. The Morgan fingerprint density at radius 1 is 1.17 bits per heavy atom. The summed E-state index contributed by atoms with van der Waals surface area (Å²) >= 11 is 0. The molecule has 0 aliphatic carbocycles. The molecule has 1 heterocycles. The molecule has 0 spiro atoms. The van der Waals surface area contributed by atoms with Crippen LogP contribution in [0.3, 0.4) is 0 Å². The molecule has 7 nitrogen and oxygen atoms in total. The number of benzene rings is 1. The minimum Gasteiger partial charge on any atom is -0.459 e. The molecule has 2 rings (SSSR count). The van der Waals surface area contributed by atoms with E-state index in [9.17, 15) is 14.0 Å². The van der Waals surface area contributed by atoms with Gasteiger partial charge in [-0.05, 0) is 53.9 Å². The highest BCUT2D eigenvalue weighted by molar-refractivity contribution is 5.97. The van der Waals surface area contributed by atoms with E-state index in [0.29, 0.717) is 24.3 Å². The molecule has 8 heteroatoms. The van der Waals surface area contributed by atoms with Gasteiger partial charge in [-0.15, -0.1) is 0 Å². The molecule has 29 heavy (non-hydrogen) atoms. The lowest BCUT2D eigenvalue weighted by molar-refractivity contribution is -0.155. The maximum atomic E-state index is 14.1. The van der Waals surface area contributed by atoms with Crippen LogP contribution in [-0.4, -0.2) is 70.8 Å². The van der Waals surface area contributed by atoms with Crippen molar-refractivity contribution in [1.82, 2.24) is 19.6 Å². The van der Waals surface area contributed by atoms with E-state index in [1.54, 1.807) is 45.9 Å². The van der Waals surface area contributed by atoms with E-state index in [2.05, 4.69) is 5.10 Å². The molecule has 0 fully saturated rings. The Morgan fingerprint density at radius 2 is 1.83 bits per heavy atom. The molecule has 0 saturated carbocycles. The zero-order valence-electron chi connectivity index (χ0n) is 17.9. The van der Waals surface area contributed by atoms with Crippen molar-refractivity contribution >= 4 is 11.9 Å². The molecule has 2 aromatic rings. The highest BCUT2D eigenvalue weighted by atomic mass is 19.1. The number of halogens is 1. The maximum absolute atomic E-state index is 14.1. The molecule has 1 aromatic heterocycles. The lowest BCUT2D eigenvalue weighted by atomic mass is 10.2. The molecule has 0 atom stereocenters. The zero-order valence-corrected chi connectivity index (χ0v) is 17.9. The van der Waals surface area contributed by atoms with Crippen LogP contribution in [0.15, 0.2) is 30.5 Å². The Kier molecular flexibility index (Phi) is 7.13. The number of rotatable bonds is 7. The molecular weight excluding hydrogens is 375 g/mol. The molecule has 0 unspecified atom stereocenters. The SMILES string of the molecule is Cc1c(C(=O)N(CCN(C)C)CC(=O)OC(C)(C)C)cnn1-c1ccccc1F. The largest absolute Gasteiger partial charge is 0.459 e. The molecule has 0 aliphatic heterocycles. The second-order valence-corrected chi connectivity index (χ2v) is 8.12. The van der Waals surface area contributed by atoms with Crippen molar-refractivity contribution in [2.24, 2.45) is 0 Å². The molecule has 0 radical (unpaired) electrons. The fourth-order valence-electron chi connectivity index (χ4n) is 2.76. The topological polar surface area (TPSA) is 67.7 Å². The Balaban J connectivity index is 2.28. The van der Waals surface area contributed by atoms with E-state index in [0.717, 1.165) is 0 Å². The van der Waals surface area contributed by atoms with Gasteiger partial charge in [-0.3, -0.25) is 9.59 Å². The monoisotopic (exact) mass is 404 g/mol. The summed E-state index contributed by atoms with van der Waals surface area (Å²) in [6, 6.07) is 6.22. The van der Waals surface area contributed by atoms with Gasteiger partial charge in [0, 0.05) is 13.1 Å². The van der Waals surface area contributed by atoms with Crippen LogP contribution < -0.4 is 0 Å². The van der Waals surface area contributed by atoms with E-state index in [1.807, 2.05) is 19.0 Å². The smallest absolute Gasteiger partial charge is 0.326 e. The fraction of sp³-hybridized carbons (Fsp3) is 0.476. The first-order chi connectivity index (χ1) is 13.5. The Labute approximate surface area is 171 Å². The molecule has 1 amide bonds. The number of hydrogen-bond donors (Lipinski definition) is 0. The van der Waals surface area contributed by atoms with Crippen molar-refractivity contribution in [1.29, 1.82) is 0 Å². The summed E-state index contributed by atoms with van der Waals surface area (Å²) in [5.41, 5.74) is 0.435. The Bertz CT molecular complexity index is 871. The van der Waals surface area contributed by atoms with Gasteiger partial charge in [0.1, 0.15) is 23.7 Å². The first-order valence-corrected chi connectivity index (χ1v) is 9.45. The van der Waals surface area contributed by atoms with Gasteiger partial charge in [-0.2, -0.15) is 5.10 Å². The van der Waals surface area contributed by atoms with Crippen molar-refractivity contribution in [3.8, 4) is 5.69 Å². The van der Waals surface area contributed by atoms with Crippen molar-refractivity contribution in [3.05, 3.63) is 47.5 Å². The van der Waals surface area contributed by atoms with Gasteiger partial charge in [0.2, 0.25) is 0 Å². The fourth-order valence-corrected chi connectivity index (χ4v) is 2.76. The second kappa shape index (κ2) is 9.17. The van der Waals surface area contributed by atoms with Crippen molar-refractivity contribution in [3.63, 3.8) is 0 Å². The quantitative estimate of drug-likeness (QED) is 0.664. The summed E-state index contributed by atoms with van der Waals surface area (Å²) < 4.78 is 20.9. The maximum Gasteiger partial charge on any atom is 0.326 e. The third-order valence-electron chi connectivity index (χ3n) is 4.17. The summed E-state index contributed by atoms with van der Waals surface area (Å²) in [6.07, 6.45) is 1.40. The highest BCUT2D eigenvalue weighted by Crippen LogP contribution is 2.18. The van der Waals surface area contributed by atoms with Crippen LogP contribution in [0.1, 0.15) is 36.8 Å². The van der Waals surface area contributed by atoms with Crippen LogP contribution in [0.25, 0.3) is 5.69 Å². The summed E-state index contributed by atoms with van der Waals surface area (Å²) in [7, 11) is 3.77. The van der Waals surface area contributed by atoms with E-state index >= 15 is 0 Å². The normalized spacial score (nSPS) is 11.6. The van der Waals surface area contributed by atoms with Crippen molar-refractivity contribution in [2.75, 3.05) is 33.7 Å². The molecule has 1 aromatic carbocycles. The average molecular weight is 404 g/mol.